The van der Waals surface area contributed by atoms with E-state index in [1.807, 2.05) is 49.4 Å². The van der Waals surface area contributed by atoms with Crippen LogP contribution in [0.4, 0.5) is 10.7 Å². The van der Waals surface area contributed by atoms with Crippen LogP contribution in [-0.2, 0) is 12.8 Å². The van der Waals surface area contributed by atoms with E-state index in [2.05, 4.69) is 31.4 Å². The van der Waals surface area contributed by atoms with E-state index >= 15 is 0 Å². The number of benzene rings is 2. The second kappa shape index (κ2) is 10.0. The van der Waals surface area contributed by atoms with E-state index < -0.39 is 0 Å². The third-order valence-corrected chi connectivity index (χ3v) is 7.59. The Morgan fingerprint density at radius 3 is 2.41 bits per heavy atom. The van der Waals surface area contributed by atoms with E-state index in [4.69, 9.17) is 4.74 Å². The molecule has 1 aliphatic rings. The molecule has 1 aromatic heterocycles. The lowest BCUT2D eigenvalue weighted by Gasteiger charge is -2.33. The van der Waals surface area contributed by atoms with Crippen LogP contribution in [0.25, 0.3) is 0 Å². The Bertz CT molecular complexity index is 1180. The van der Waals surface area contributed by atoms with E-state index in [1.165, 1.54) is 16.2 Å². The summed E-state index contributed by atoms with van der Waals surface area (Å²) in [6.07, 6.45) is 2.76. The molecule has 0 fully saturated rings. The number of hydrogen-bond donors (Lipinski definition) is 2. The van der Waals surface area contributed by atoms with Gasteiger partial charge in [0.2, 0.25) is 0 Å². The van der Waals surface area contributed by atoms with Gasteiger partial charge in [0, 0.05) is 10.4 Å². The lowest BCUT2D eigenvalue weighted by molar-refractivity contribution is 0.102. The molecule has 0 bridgehead atoms. The summed E-state index contributed by atoms with van der Waals surface area (Å²) in [7, 11) is 0. The molecule has 0 aliphatic heterocycles. The Morgan fingerprint density at radius 1 is 1.00 bits per heavy atom. The first kappa shape index (κ1) is 24.0. The molecule has 0 radical (unpaired) electrons. The number of ether oxygens (including phenoxy) is 1. The molecule has 0 saturated carbocycles. The van der Waals surface area contributed by atoms with Gasteiger partial charge < -0.3 is 15.4 Å². The number of carbonyl (C=O) groups is 2. The van der Waals surface area contributed by atoms with E-state index in [1.54, 1.807) is 12.1 Å². The predicted octanol–water partition coefficient (Wildman–Crippen LogP) is 6.80. The van der Waals surface area contributed by atoms with Gasteiger partial charge in [-0.1, -0.05) is 51.1 Å². The highest BCUT2D eigenvalue weighted by Crippen LogP contribution is 2.44. The van der Waals surface area contributed by atoms with Crippen molar-refractivity contribution >= 4 is 33.8 Å². The standard InChI is InChI=1S/C28H32N2O3S/c1-5-33-22-14-10-9-13-21(22)29-26(32)24-20-16-15-19(28(2,3)4)17-23(20)34-27(24)30-25(31)18-11-7-6-8-12-18/h6-14,19H,5,15-17H2,1-4H3,(H,29,32)(H,30,31). The third-order valence-electron chi connectivity index (χ3n) is 6.42. The van der Waals surface area contributed by atoms with Crippen LogP contribution in [0.2, 0.25) is 0 Å². The van der Waals surface area contributed by atoms with Gasteiger partial charge in [0.15, 0.2) is 0 Å². The van der Waals surface area contributed by atoms with Crippen molar-refractivity contribution in [2.75, 3.05) is 17.2 Å². The molecule has 34 heavy (non-hydrogen) atoms. The zero-order valence-electron chi connectivity index (χ0n) is 20.2. The van der Waals surface area contributed by atoms with Crippen LogP contribution in [-0.4, -0.2) is 18.4 Å². The highest BCUT2D eigenvalue weighted by molar-refractivity contribution is 7.17. The average Bonchev–Trinajstić information content (AvgIpc) is 3.17. The minimum Gasteiger partial charge on any atom is -0.492 e. The number of rotatable bonds is 6. The first-order valence-electron chi connectivity index (χ1n) is 11.8. The fraction of sp³-hybridized carbons (Fsp3) is 0.357. The molecule has 2 amide bonds. The molecule has 1 atom stereocenters. The van der Waals surface area contributed by atoms with Crippen molar-refractivity contribution in [3.63, 3.8) is 0 Å². The zero-order valence-corrected chi connectivity index (χ0v) is 21.1. The van der Waals surface area contributed by atoms with Gasteiger partial charge in [-0.2, -0.15) is 0 Å². The third kappa shape index (κ3) is 5.17. The Kier molecular flexibility index (Phi) is 7.08. The second-order valence-corrected chi connectivity index (χ2v) is 10.8. The molecule has 1 heterocycles. The second-order valence-electron chi connectivity index (χ2n) is 9.72. The number of thiophene rings is 1. The van der Waals surface area contributed by atoms with Crippen molar-refractivity contribution in [3.05, 3.63) is 76.2 Å². The van der Waals surface area contributed by atoms with Crippen LogP contribution < -0.4 is 15.4 Å². The molecular formula is C28H32N2O3S. The van der Waals surface area contributed by atoms with Crippen molar-refractivity contribution in [1.29, 1.82) is 0 Å². The monoisotopic (exact) mass is 476 g/mol. The van der Waals surface area contributed by atoms with E-state index in [0.717, 1.165) is 24.8 Å². The topological polar surface area (TPSA) is 67.4 Å². The summed E-state index contributed by atoms with van der Waals surface area (Å²) >= 11 is 1.53. The fourth-order valence-electron chi connectivity index (χ4n) is 4.45. The van der Waals surface area contributed by atoms with Crippen LogP contribution in [0.5, 0.6) is 5.75 Å². The number of carbonyl (C=O) groups excluding carboxylic acids is 2. The van der Waals surface area contributed by atoms with Crippen molar-refractivity contribution < 1.29 is 14.3 Å². The number of anilines is 2. The zero-order chi connectivity index (χ0) is 24.3. The van der Waals surface area contributed by atoms with E-state index in [0.29, 0.717) is 40.1 Å². The number of para-hydroxylation sites is 2. The van der Waals surface area contributed by atoms with Crippen LogP contribution >= 0.6 is 11.3 Å². The van der Waals surface area contributed by atoms with E-state index in [-0.39, 0.29) is 17.2 Å². The summed E-state index contributed by atoms with van der Waals surface area (Å²) in [5.74, 6) is 0.730. The maximum atomic E-state index is 13.6. The molecule has 1 unspecified atom stereocenters. The molecule has 2 N–H and O–H groups in total. The minimum absolute atomic E-state index is 0.188. The van der Waals surface area contributed by atoms with Gasteiger partial charge in [-0.05, 0) is 67.3 Å². The van der Waals surface area contributed by atoms with Crippen molar-refractivity contribution in [3.8, 4) is 5.75 Å². The number of fused-ring (bicyclic) bond motifs is 1. The molecule has 0 spiro atoms. The highest BCUT2D eigenvalue weighted by atomic mass is 32.1. The summed E-state index contributed by atoms with van der Waals surface area (Å²) in [5.41, 5.74) is 3.00. The summed E-state index contributed by atoms with van der Waals surface area (Å²) in [6.45, 7) is 9.23. The van der Waals surface area contributed by atoms with Gasteiger partial charge in [-0.15, -0.1) is 11.3 Å². The normalized spacial score (nSPS) is 15.4. The summed E-state index contributed by atoms with van der Waals surface area (Å²) in [4.78, 5) is 27.8. The van der Waals surface area contributed by atoms with Gasteiger partial charge in [0.25, 0.3) is 11.8 Å². The molecule has 4 rings (SSSR count). The SMILES string of the molecule is CCOc1ccccc1NC(=O)c1c(NC(=O)c2ccccc2)sc2c1CCC(C(C)(C)C)C2. The summed E-state index contributed by atoms with van der Waals surface area (Å²) in [5, 5.41) is 6.68. The number of nitrogens with one attached hydrogen (secondary N) is 2. The molecule has 6 heteroatoms. The van der Waals surface area contributed by atoms with Gasteiger partial charge in [0.1, 0.15) is 10.8 Å². The van der Waals surface area contributed by atoms with Crippen LogP contribution in [0, 0.1) is 11.3 Å². The van der Waals surface area contributed by atoms with E-state index in [9.17, 15) is 9.59 Å². The molecule has 2 aromatic carbocycles. The first-order valence-corrected chi connectivity index (χ1v) is 12.6. The largest absolute Gasteiger partial charge is 0.492 e. The fourth-order valence-corrected chi connectivity index (χ4v) is 5.77. The molecular weight excluding hydrogens is 444 g/mol. The first-order chi connectivity index (χ1) is 16.3. The molecule has 3 aromatic rings. The molecule has 178 valence electrons. The highest BCUT2D eigenvalue weighted by Gasteiger charge is 2.34. The Morgan fingerprint density at radius 2 is 1.71 bits per heavy atom. The Balaban J connectivity index is 1.69. The molecule has 1 aliphatic carbocycles. The van der Waals surface area contributed by atoms with Crippen LogP contribution in [0.1, 0.15) is 65.3 Å². The summed E-state index contributed by atoms with van der Waals surface area (Å²) in [6, 6.07) is 16.5. The van der Waals surface area contributed by atoms with Gasteiger partial charge in [0.05, 0.1) is 17.9 Å². The molecule has 0 saturated heterocycles. The minimum atomic E-state index is -0.220. The maximum Gasteiger partial charge on any atom is 0.259 e. The Labute approximate surface area is 205 Å². The Hall–Kier alpha value is -3.12. The van der Waals surface area contributed by atoms with Crippen molar-refractivity contribution in [2.45, 2.75) is 47.0 Å². The van der Waals surface area contributed by atoms with Crippen molar-refractivity contribution in [2.24, 2.45) is 11.3 Å². The summed E-state index contributed by atoms with van der Waals surface area (Å²) < 4.78 is 5.69. The molecule has 5 nitrogen and oxygen atoms in total. The maximum absolute atomic E-state index is 13.6. The number of amides is 2. The van der Waals surface area contributed by atoms with Crippen LogP contribution in [0.15, 0.2) is 54.6 Å². The quantitative estimate of drug-likeness (QED) is 0.411. The number of hydrogen-bond acceptors (Lipinski definition) is 4. The predicted molar refractivity (Wildman–Crippen MR) is 139 cm³/mol. The van der Waals surface area contributed by atoms with Crippen LogP contribution in [0.3, 0.4) is 0 Å². The lowest BCUT2D eigenvalue weighted by Crippen LogP contribution is -2.27. The lowest BCUT2D eigenvalue weighted by atomic mass is 9.72. The van der Waals surface area contributed by atoms with Crippen molar-refractivity contribution in [1.82, 2.24) is 0 Å². The van der Waals surface area contributed by atoms with Gasteiger partial charge >= 0.3 is 0 Å². The van der Waals surface area contributed by atoms with Gasteiger partial charge in [-0.3, -0.25) is 9.59 Å². The smallest absolute Gasteiger partial charge is 0.259 e. The average molecular weight is 477 g/mol. The van der Waals surface area contributed by atoms with Gasteiger partial charge in [-0.25, -0.2) is 0 Å².